The van der Waals surface area contributed by atoms with Gasteiger partial charge in [-0.3, -0.25) is 9.69 Å². The fourth-order valence-corrected chi connectivity index (χ4v) is 8.42. The van der Waals surface area contributed by atoms with Crippen LogP contribution < -0.4 is 5.32 Å². The Balaban J connectivity index is 1.37. The van der Waals surface area contributed by atoms with Crippen LogP contribution in [0.25, 0.3) is 0 Å². The largest absolute Gasteiger partial charge is 0.349 e. The molecule has 3 aliphatic carbocycles. The third-order valence-electron chi connectivity index (χ3n) is 10.0. The molecular formula is C36H36N2O. The Labute approximate surface area is 231 Å². The van der Waals surface area contributed by atoms with Gasteiger partial charge < -0.3 is 5.32 Å². The molecule has 1 N–H and O–H groups in total. The van der Waals surface area contributed by atoms with Gasteiger partial charge in [0.05, 0.1) is 11.5 Å². The highest BCUT2D eigenvalue weighted by atomic mass is 16.2. The first kappa shape index (κ1) is 24.4. The lowest BCUT2D eigenvalue weighted by Gasteiger charge is -2.60. The molecule has 196 valence electrons. The van der Waals surface area contributed by atoms with E-state index in [1.54, 1.807) is 0 Å². The number of carbonyl (C=O) groups excluding carboxylic acids is 1. The summed E-state index contributed by atoms with van der Waals surface area (Å²) in [7, 11) is 0. The van der Waals surface area contributed by atoms with Crippen LogP contribution in [0.1, 0.15) is 59.5 Å². The first-order valence-electron chi connectivity index (χ1n) is 14.4. The molecule has 0 aromatic heterocycles. The number of hydrogen-bond donors (Lipinski definition) is 1. The van der Waals surface area contributed by atoms with Crippen molar-refractivity contribution in [3.63, 3.8) is 0 Å². The number of likely N-dealkylation sites (tertiary alicyclic amines) is 1. The summed E-state index contributed by atoms with van der Waals surface area (Å²) in [6.45, 7) is 4.70. The van der Waals surface area contributed by atoms with Gasteiger partial charge in [-0.25, -0.2) is 0 Å². The quantitative estimate of drug-likeness (QED) is 0.306. The summed E-state index contributed by atoms with van der Waals surface area (Å²) in [6, 6.07) is 41.1. The van der Waals surface area contributed by atoms with Crippen molar-refractivity contribution in [2.75, 3.05) is 13.1 Å². The van der Waals surface area contributed by atoms with Gasteiger partial charge >= 0.3 is 0 Å². The van der Waals surface area contributed by atoms with Crippen molar-refractivity contribution >= 4 is 5.91 Å². The van der Waals surface area contributed by atoms with E-state index in [9.17, 15) is 4.79 Å². The molecule has 39 heavy (non-hydrogen) atoms. The zero-order chi connectivity index (χ0) is 26.5. The zero-order valence-electron chi connectivity index (χ0n) is 22.6. The summed E-state index contributed by atoms with van der Waals surface area (Å²) in [5.41, 5.74) is 5.98. The van der Waals surface area contributed by atoms with Gasteiger partial charge in [0.25, 0.3) is 0 Å². The summed E-state index contributed by atoms with van der Waals surface area (Å²) in [4.78, 5) is 17.4. The summed E-state index contributed by atoms with van der Waals surface area (Å²) in [6.07, 6.45) is 2.13. The molecule has 1 aliphatic heterocycles. The van der Waals surface area contributed by atoms with Crippen molar-refractivity contribution in [3.05, 3.63) is 143 Å². The molecule has 2 fully saturated rings. The van der Waals surface area contributed by atoms with Crippen molar-refractivity contribution in [2.24, 2.45) is 11.3 Å². The van der Waals surface area contributed by atoms with E-state index in [4.69, 9.17) is 0 Å². The van der Waals surface area contributed by atoms with Gasteiger partial charge in [0.1, 0.15) is 0 Å². The number of nitrogens with one attached hydrogen (secondary N) is 1. The molecule has 0 spiro atoms. The smallest absolute Gasteiger partial charge is 0.228 e. The minimum atomic E-state index is -0.486. The Kier molecular flexibility index (Phi) is 5.93. The molecule has 4 unspecified atom stereocenters. The first-order valence-corrected chi connectivity index (χ1v) is 14.4. The predicted octanol–water partition coefficient (Wildman–Crippen LogP) is 6.86. The molecule has 1 saturated carbocycles. The highest BCUT2D eigenvalue weighted by Gasteiger charge is 2.69. The molecule has 4 aromatic carbocycles. The average molecular weight is 513 g/mol. The predicted molar refractivity (Wildman–Crippen MR) is 156 cm³/mol. The van der Waals surface area contributed by atoms with Crippen LogP contribution in [0.2, 0.25) is 0 Å². The molecule has 3 heteroatoms. The normalized spacial score (nSPS) is 27.9. The minimum Gasteiger partial charge on any atom is -0.349 e. The summed E-state index contributed by atoms with van der Waals surface area (Å²) >= 11 is 0. The van der Waals surface area contributed by atoms with Gasteiger partial charge in [0.2, 0.25) is 5.91 Å². The lowest BCUT2D eigenvalue weighted by Crippen LogP contribution is -2.62. The Bertz CT molecular complexity index is 1470. The number of hydrogen-bond acceptors (Lipinski definition) is 2. The van der Waals surface area contributed by atoms with Crippen molar-refractivity contribution in [2.45, 2.75) is 43.7 Å². The molecule has 8 rings (SSSR count). The van der Waals surface area contributed by atoms with E-state index in [-0.39, 0.29) is 29.2 Å². The summed E-state index contributed by atoms with van der Waals surface area (Å²) in [5, 5.41) is 3.53. The number of amides is 1. The van der Waals surface area contributed by atoms with Crippen LogP contribution in [-0.2, 0) is 16.8 Å². The van der Waals surface area contributed by atoms with Crippen LogP contribution in [-0.4, -0.2) is 23.9 Å². The lowest BCUT2D eigenvalue weighted by atomic mass is 9.42. The van der Waals surface area contributed by atoms with Crippen LogP contribution in [0, 0.1) is 11.3 Å². The second-order valence-electron chi connectivity index (χ2n) is 11.9. The van der Waals surface area contributed by atoms with Crippen LogP contribution in [0.5, 0.6) is 0 Å². The third kappa shape index (κ3) is 3.71. The van der Waals surface area contributed by atoms with Gasteiger partial charge in [0.15, 0.2) is 0 Å². The van der Waals surface area contributed by atoms with Crippen LogP contribution >= 0.6 is 0 Å². The van der Waals surface area contributed by atoms with E-state index < -0.39 is 5.41 Å². The second-order valence-corrected chi connectivity index (χ2v) is 11.9. The fraction of sp³-hybridized carbons (Fsp3) is 0.306. The number of rotatable bonds is 6. The van der Waals surface area contributed by atoms with Crippen molar-refractivity contribution in [3.8, 4) is 0 Å². The second kappa shape index (κ2) is 9.50. The number of fused-ring (bicyclic) bond motifs is 1. The summed E-state index contributed by atoms with van der Waals surface area (Å²) < 4.78 is 0. The topological polar surface area (TPSA) is 32.3 Å². The maximum atomic E-state index is 14.8. The van der Waals surface area contributed by atoms with Gasteiger partial charge in [-0.2, -0.15) is 0 Å². The highest BCUT2D eigenvalue weighted by Crippen LogP contribution is 2.69. The van der Waals surface area contributed by atoms with E-state index in [1.807, 2.05) is 6.07 Å². The fourth-order valence-electron chi connectivity index (χ4n) is 8.42. The van der Waals surface area contributed by atoms with E-state index in [2.05, 4.69) is 126 Å². The molecular weight excluding hydrogens is 476 g/mol. The van der Waals surface area contributed by atoms with Crippen molar-refractivity contribution < 1.29 is 4.79 Å². The number of nitrogens with zero attached hydrogens (tertiary/aromatic N) is 1. The Morgan fingerprint density at radius 1 is 0.872 bits per heavy atom. The Morgan fingerprint density at radius 2 is 1.51 bits per heavy atom. The Hall–Kier alpha value is -3.69. The molecule has 0 radical (unpaired) electrons. The van der Waals surface area contributed by atoms with Gasteiger partial charge in [-0.15, -0.1) is 0 Å². The Morgan fingerprint density at radius 3 is 2.26 bits per heavy atom. The molecule has 3 nitrogen and oxygen atoms in total. The van der Waals surface area contributed by atoms with E-state index in [0.29, 0.717) is 0 Å². The number of benzene rings is 4. The molecule has 1 heterocycles. The maximum Gasteiger partial charge on any atom is 0.228 e. The van der Waals surface area contributed by atoms with Crippen LogP contribution in [0.4, 0.5) is 0 Å². The average Bonchev–Trinajstić information content (AvgIpc) is 3.40. The lowest BCUT2D eigenvalue weighted by molar-refractivity contribution is -0.139. The molecule has 1 amide bonds. The van der Waals surface area contributed by atoms with E-state index >= 15 is 0 Å². The van der Waals surface area contributed by atoms with Crippen LogP contribution in [0.15, 0.2) is 115 Å². The van der Waals surface area contributed by atoms with Gasteiger partial charge in [0, 0.05) is 36.9 Å². The maximum absolute atomic E-state index is 14.8. The van der Waals surface area contributed by atoms with Crippen LogP contribution in [0.3, 0.4) is 0 Å². The molecule has 5 atom stereocenters. The SMILES string of the molecule is C[C@@H](NC(=O)C12CN(Cc3ccccc3)CC1C1(c3ccccc3)CCC2c2ccccc21)c1ccccc1. The molecule has 1 saturated heterocycles. The molecule has 4 aliphatic rings. The third-order valence-corrected chi connectivity index (χ3v) is 10.0. The zero-order valence-corrected chi connectivity index (χ0v) is 22.6. The molecule has 4 aromatic rings. The minimum absolute atomic E-state index is 0.0414. The summed E-state index contributed by atoms with van der Waals surface area (Å²) in [5.74, 6) is 0.639. The monoisotopic (exact) mass is 512 g/mol. The number of carbonyl (C=O) groups is 1. The highest BCUT2D eigenvalue weighted by molar-refractivity contribution is 5.87. The van der Waals surface area contributed by atoms with Crippen molar-refractivity contribution in [1.29, 1.82) is 0 Å². The van der Waals surface area contributed by atoms with Gasteiger partial charge in [-0.05, 0) is 47.6 Å². The standard InChI is InChI=1S/C36H36N2O/c1-26(28-15-7-3-8-16-28)37-34(39)36-25-38(23-27-13-5-2-6-14-27)24-33(36)35(29-17-9-4-10-18-29)22-21-32(36)30-19-11-12-20-31(30)35/h2-20,26,32-33H,21-25H2,1H3,(H,37,39)/t26-,32?,33?,35?,36?/m1/s1. The first-order chi connectivity index (χ1) is 19.1. The van der Waals surface area contributed by atoms with E-state index in [0.717, 1.165) is 38.0 Å². The van der Waals surface area contributed by atoms with Gasteiger partial charge in [-0.1, -0.05) is 115 Å². The molecule has 2 bridgehead atoms. The van der Waals surface area contributed by atoms with Crippen molar-refractivity contribution in [1.82, 2.24) is 10.2 Å². The van der Waals surface area contributed by atoms with E-state index in [1.165, 1.54) is 22.3 Å².